The second kappa shape index (κ2) is 9.44. The Bertz CT molecular complexity index is 1190. The molecule has 0 saturated heterocycles. The van der Waals surface area contributed by atoms with Crippen LogP contribution < -0.4 is 4.74 Å². The minimum atomic E-state index is -0.200. The van der Waals surface area contributed by atoms with Gasteiger partial charge >= 0.3 is 5.97 Å². The largest absolute Gasteiger partial charge is 0.489 e. The van der Waals surface area contributed by atoms with Crippen LogP contribution in [0.3, 0.4) is 0 Å². The maximum Gasteiger partial charge on any atom is 0.303 e. The Hall–Kier alpha value is -1.81. The molecule has 1 fully saturated rings. The minimum absolute atomic E-state index is 0. The zero-order valence-corrected chi connectivity index (χ0v) is 22.2. The van der Waals surface area contributed by atoms with Crippen LogP contribution in [0.1, 0.15) is 59.3 Å². The molecule has 0 aromatic heterocycles. The summed E-state index contributed by atoms with van der Waals surface area (Å²) in [5.74, 6) is 0.675. The van der Waals surface area contributed by atoms with E-state index in [1.165, 1.54) is 45.9 Å². The standard InChI is InChI=1S/C29H30O3.Ca/c1-18-7-5-8-19(2)27(18)25-10-6-9-22(20(25)3)17-31-24-11-12-26-23(15-24)16-29(13-14-29)28(26)32-21(4)30;/h5-12,15,28H,13-14,16-17H2,1-4H3;. The maximum atomic E-state index is 11.6. The second-order valence-electron chi connectivity index (χ2n) is 9.53. The van der Waals surface area contributed by atoms with Gasteiger partial charge in [-0.3, -0.25) is 4.79 Å². The van der Waals surface area contributed by atoms with Crippen LogP contribution in [-0.4, -0.2) is 43.7 Å². The number of carbonyl (C=O) groups excluding carboxylic acids is 1. The number of benzene rings is 3. The van der Waals surface area contributed by atoms with Crippen molar-refractivity contribution in [2.24, 2.45) is 5.41 Å². The van der Waals surface area contributed by atoms with E-state index in [-0.39, 0.29) is 55.2 Å². The van der Waals surface area contributed by atoms with E-state index in [4.69, 9.17) is 9.47 Å². The molecular formula is C29H30CaO3. The Morgan fingerprint density at radius 1 is 1.00 bits per heavy atom. The number of ether oxygens (including phenoxy) is 2. The summed E-state index contributed by atoms with van der Waals surface area (Å²) in [7, 11) is 0. The van der Waals surface area contributed by atoms with Crippen LogP contribution in [0.5, 0.6) is 5.75 Å². The third-order valence-corrected chi connectivity index (χ3v) is 7.26. The van der Waals surface area contributed by atoms with Crippen molar-refractivity contribution in [1.29, 1.82) is 0 Å². The number of carbonyl (C=O) groups is 1. The number of esters is 1. The number of rotatable bonds is 5. The normalized spacial score (nSPS) is 17.3. The molecular weight excluding hydrogens is 436 g/mol. The Labute approximate surface area is 226 Å². The van der Waals surface area contributed by atoms with E-state index in [0.29, 0.717) is 6.61 Å². The predicted molar refractivity (Wildman–Crippen MR) is 132 cm³/mol. The van der Waals surface area contributed by atoms with Gasteiger partial charge in [-0.05, 0) is 96.7 Å². The molecule has 0 N–H and O–H groups in total. The first-order valence-electron chi connectivity index (χ1n) is 11.5. The first-order chi connectivity index (χ1) is 15.4. The van der Waals surface area contributed by atoms with Gasteiger partial charge in [0.15, 0.2) is 0 Å². The van der Waals surface area contributed by atoms with Gasteiger partial charge in [-0.25, -0.2) is 0 Å². The monoisotopic (exact) mass is 466 g/mol. The van der Waals surface area contributed by atoms with Crippen molar-refractivity contribution in [1.82, 2.24) is 0 Å². The molecule has 0 bridgehead atoms. The number of hydrogen-bond acceptors (Lipinski definition) is 3. The molecule has 3 nitrogen and oxygen atoms in total. The predicted octanol–water partition coefficient (Wildman–Crippen LogP) is 6.42. The third-order valence-electron chi connectivity index (χ3n) is 7.26. The number of aryl methyl sites for hydroxylation is 2. The fraction of sp³-hybridized carbons (Fsp3) is 0.345. The molecule has 3 aromatic carbocycles. The van der Waals surface area contributed by atoms with E-state index in [2.05, 4.69) is 69.3 Å². The molecule has 1 saturated carbocycles. The number of hydrogen-bond donors (Lipinski definition) is 0. The molecule has 33 heavy (non-hydrogen) atoms. The molecule has 1 spiro atoms. The van der Waals surface area contributed by atoms with Crippen LogP contribution in [0.2, 0.25) is 0 Å². The van der Waals surface area contributed by atoms with Gasteiger partial charge in [-0.1, -0.05) is 42.5 Å². The molecule has 166 valence electrons. The van der Waals surface area contributed by atoms with Crippen LogP contribution in [0, 0.1) is 26.2 Å². The summed E-state index contributed by atoms with van der Waals surface area (Å²) in [5.41, 5.74) is 10.2. The summed E-state index contributed by atoms with van der Waals surface area (Å²) in [6.45, 7) is 8.56. The van der Waals surface area contributed by atoms with E-state index < -0.39 is 0 Å². The third kappa shape index (κ3) is 4.60. The van der Waals surface area contributed by atoms with Gasteiger partial charge in [-0.2, -0.15) is 0 Å². The van der Waals surface area contributed by atoms with Crippen molar-refractivity contribution in [2.75, 3.05) is 0 Å². The van der Waals surface area contributed by atoms with Gasteiger partial charge in [0.05, 0.1) is 0 Å². The summed E-state index contributed by atoms with van der Waals surface area (Å²) in [6.07, 6.45) is 3.12. The van der Waals surface area contributed by atoms with E-state index in [9.17, 15) is 4.79 Å². The van der Waals surface area contributed by atoms with Gasteiger partial charge < -0.3 is 9.47 Å². The van der Waals surface area contributed by atoms with Crippen LogP contribution in [0.25, 0.3) is 11.1 Å². The quantitative estimate of drug-likeness (QED) is 0.322. The average Bonchev–Trinajstić information content (AvgIpc) is 3.46. The van der Waals surface area contributed by atoms with E-state index in [1.807, 2.05) is 6.07 Å². The molecule has 1 atom stereocenters. The fourth-order valence-electron chi connectivity index (χ4n) is 5.35. The molecule has 0 aliphatic heterocycles. The van der Waals surface area contributed by atoms with Gasteiger partial charge in [-0.15, -0.1) is 0 Å². The Morgan fingerprint density at radius 3 is 2.36 bits per heavy atom. The minimum Gasteiger partial charge on any atom is -0.489 e. The van der Waals surface area contributed by atoms with Crippen LogP contribution in [0.4, 0.5) is 0 Å². The van der Waals surface area contributed by atoms with Gasteiger partial charge in [0.2, 0.25) is 0 Å². The number of fused-ring (bicyclic) bond motifs is 1. The van der Waals surface area contributed by atoms with E-state index >= 15 is 0 Å². The van der Waals surface area contributed by atoms with E-state index in [1.54, 1.807) is 0 Å². The first-order valence-corrected chi connectivity index (χ1v) is 11.5. The molecule has 3 aromatic rings. The zero-order chi connectivity index (χ0) is 22.5. The van der Waals surface area contributed by atoms with Gasteiger partial charge in [0.1, 0.15) is 18.5 Å². The summed E-state index contributed by atoms with van der Waals surface area (Å²) < 4.78 is 11.9. The topological polar surface area (TPSA) is 35.5 Å². The summed E-state index contributed by atoms with van der Waals surface area (Å²) in [6, 6.07) is 19.2. The zero-order valence-electron chi connectivity index (χ0n) is 20.0. The molecule has 2 aliphatic rings. The SMILES string of the molecule is CC(=O)OC1c2ccc(OCc3cccc(-c4c(C)cccc4C)c3C)cc2CC12CC2.[Ca]. The van der Waals surface area contributed by atoms with Gasteiger partial charge in [0.25, 0.3) is 0 Å². The maximum absolute atomic E-state index is 11.6. The van der Waals surface area contributed by atoms with Crippen molar-refractivity contribution >= 4 is 43.7 Å². The molecule has 0 amide bonds. The molecule has 2 radical (unpaired) electrons. The molecule has 5 rings (SSSR count). The smallest absolute Gasteiger partial charge is 0.303 e. The van der Waals surface area contributed by atoms with Crippen LogP contribution >= 0.6 is 0 Å². The van der Waals surface area contributed by atoms with Crippen molar-refractivity contribution in [3.8, 4) is 16.9 Å². The van der Waals surface area contributed by atoms with Crippen molar-refractivity contribution in [3.05, 3.63) is 88.0 Å². The van der Waals surface area contributed by atoms with Crippen molar-refractivity contribution in [3.63, 3.8) is 0 Å². The second-order valence-corrected chi connectivity index (χ2v) is 9.53. The fourth-order valence-corrected chi connectivity index (χ4v) is 5.35. The van der Waals surface area contributed by atoms with Crippen LogP contribution in [0.15, 0.2) is 54.6 Å². The van der Waals surface area contributed by atoms with E-state index in [0.717, 1.165) is 30.6 Å². The molecule has 0 heterocycles. The van der Waals surface area contributed by atoms with Gasteiger partial charge in [0, 0.05) is 50.1 Å². The van der Waals surface area contributed by atoms with Crippen molar-refractivity contribution < 1.29 is 14.3 Å². The molecule has 2 aliphatic carbocycles. The summed E-state index contributed by atoms with van der Waals surface area (Å²) in [5, 5.41) is 0. The Kier molecular flexibility index (Phi) is 6.96. The summed E-state index contributed by atoms with van der Waals surface area (Å²) >= 11 is 0. The van der Waals surface area contributed by atoms with Crippen LogP contribution in [-0.2, 0) is 22.6 Å². The summed E-state index contributed by atoms with van der Waals surface area (Å²) in [4.78, 5) is 11.6. The Morgan fingerprint density at radius 2 is 1.70 bits per heavy atom. The first kappa shape index (κ1) is 24.3. The Balaban J connectivity index is 0.00000259. The average molecular weight is 467 g/mol. The molecule has 4 heteroatoms. The van der Waals surface area contributed by atoms with Crippen molar-refractivity contribution in [2.45, 2.75) is 59.7 Å². The molecule has 1 unspecified atom stereocenters.